The molecule has 0 bridgehead atoms. The number of unbranched alkanes of at least 4 members (excludes halogenated alkanes) is 13. The Bertz CT molecular complexity index is 519. The van der Waals surface area contributed by atoms with Gasteiger partial charge in [0, 0.05) is 5.75 Å². The van der Waals surface area contributed by atoms with Crippen molar-refractivity contribution in [1.29, 1.82) is 0 Å². The highest BCUT2D eigenvalue weighted by atomic mass is 32.2. The van der Waals surface area contributed by atoms with Gasteiger partial charge in [-0.25, -0.2) is 4.79 Å². The average Bonchev–Trinajstić information content (AvgIpc) is 3.25. The lowest BCUT2D eigenvalue weighted by atomic mass is 10.0. The van der Waals surface area contributed by atoms with Crippen LogP contribution in [0, 0.1) is 0 Å². The summed E-state index contributed by atoms with van der Waals surface area (Å²) in [5, 5.41) is 2.96. The number of rotatable bonds is 20. The van der Waals surface area contributed by atoms with E-state index < -0.39 is 22.1 Å². The Balaban J connectivity index is 1.82. The summed E-state index contributed by atoms with van der Waals surface area (Å²) in [5.41, 5.74) is 0. The second kappa shape index (κ2) is 18.3. The van der Waals surface area contributed by atoms with E-state index in [1.54, 1.807) is 11.8 Å². The Morgan fingerprint density at radius 3 is 1.90 bits per heavy atom. The van der Waals surface area contributed by atoms with Crippen molar-refractivity contribution in [3.8, 4) is 0 Å². The van der Waals surface area contributed by atoms with Crippen LogP contribution in [0.5, 0.6) is 0 Å². The summed E-state index contributed by atoms with van der Waals surface area (Å²) in [4.78, 5) is 11.8. The van der Waals surface area contributed by atoms with Gasteiger partial charge >= 0.3 is 16.1 Å². The van der Waals surface area contributed by atoms with Crippen molar-refractivity contribution in [2.45, 2.75) is 116 Å². The minimum Gasteiger partial charge on any atom is -0.344 e. The molecular formula is C23H45NO4S2. The molecule has 0 spiro atoms. The van der Waals surface area contributed by atoms with Crippen LogP contribution < -0.4 is 5.32 Å². The van der Waals surface area contributed by atoms with E-state index in [9.17, 15) is 13.2 Å². The third-order valence-corrected chi connectivity index (χ3v) is 8.12. The van der Waals surface area contributed by atoms with Crippen molar-refractivity contribution in [3.05, 3.63) is 0 Å². The number of hydrogen-bond donors (Lipinski definition) is 1. The van der Waals surface area contributed by atoms with Gasteiger partial charge in [0.15, 0.2) is 0 Å². The molecular weight excluding hydrogens is 418 g/mol. The van der Waals surface area contributed by atoms with Gasteiger partial charge in [0.05, 0.1) is 5.75 Å². The molecule has 178 valence electrons. The molecule has 1 aliphatic heterocycles. The fourth-order valence-electron chi connectivity index (χ4n) is 3.77. The molecule has 1 heterocycles. The van der Waals surface area contributed by atoms with Crippen LogP contribution in [0.15, 0.2) is 0 Å². The van der Waals surface area contributed by atoms with E-state index in [1.165, 1.54) is 83.5 Å². The van der Waals surface area contributed by atoms with Crippen LogP contribution >= 0.6 is 11.8 Å². The molecule has 1 rings (SSSR count). The fraction of sp³-hybridized carbons (Fsp3) is 0.957. The second-order valence-electron chi connectivity index (χ2n) is 8.52. The molecule has 0 aromatic carbocycles. The Hall–Kier alpha value is -0.270. The number of nitrogens with one attached hydrogen (secondary N) is 1. The molecule has 1 saturated heterocycles. The molecule has 7 heteroatoms. The minimum absolute atomic E-state index is 0.0886. The van der Waals surface area contributed by atoms with E-state index in [1.807, 2.05) is 0 Å². The summed E-state index contributed by atoms with van der Waals surface area (Å²) in [5.74, 6) is 0.733. The van der Waals surface area contributed by atoms with E-state index in [-0.39, 0.29) is 5.75 Å². The zero-order valence-corrected chi connectivity index (χ0v) is 20.8. The Morgan fingerprint density at radius 2 is 1.40 bits per heavy atom. The van der Waals surface area contributed by atoms with Crippen LogP contribution in [0.2, 0.25) is 0 Å². The predicted molar refractivity (Wildman–Crippen MR) is 129 cm³/mol. The lowest BCUT2D eigenvalue weighted by molar-refractivity contribution is -0.135. The molecule has 1 atom stereocenters. The van der Waals surface area contributed by atoms with Gasteiger partial charge in [-0.1, -0.05) is 90.4 Å². The maximum Gasteiger partial charge on any atom is 0.338 e. The standard InChI is InChI=1S/C23H45NO4S2/c1-2-3-4-5-6-7-8-9-10-11-12-13-14-15-19-29-20-21-30(26,27)28-23(25)22-17-16-18-24-22/h22,24H,2-21H2,1H3/t22-/m0/s1. The maximum atomic E-state index is 11.9. The van der Waals surface area contributed by atoms with Gasteiger partial charge in [-0.3, -0.25) is 0 Å². The molecule has 0 amide bonds. The van der Waals surface area contributed by atoms with E-state index in [4.69, 9.17) is 4.18 Å². The first-order valence-corrected chi connectivity index (χ1v) is 15.1. The Morgan fingerprint density at radius 1 is 0.867 bits per heavy atom. The molecule has 5 nitrogen and oxygen atoms in total. The molecule has 0 unspecified atom stereocenters. The van der Waals surface area contributed by atoms with Crippen LogP contribution in [0.25, 0.3) is 0 Å². The second-order valence-corrected chi connectivity index (χ2v) is 11.4. The summed E-state index contributed by atoms with van der Waals surface area (Å²) in [6.45, 7) is 3.01. The van der Waals surface area contributed by atoms with Crippen LogP contribution in [-0.2, 0) is 19.1 Å². The van der Waals surface area contributed by atoms with Gasteiger partial charge in [0.25, 0.3) is 0 Å². The first kappa shape index (κ1) is 27.8. The summed E-state index contributed by atoms with van der Waals surface area (Å²) >= 11 is 1.64. The molecule has 0 saturated carbocycles. The van der Waals surface area contributed by atoms with Crippen molar-refractivity contribution < 1.29 is 17.4 Å². The average molecular weight is 464 g/mol. The fourth-order valence-corrected chi connectivity index (χ4v) is 6.12. The molecule has 1 N–H and O–H groups in total. The van der Waals surface area contributed by atoms with E-state index in [2.05, 4.69) is 12.2 Å². The largest absolute Gasteiger partial charge is 0.344 e. The third kappa shape index (κ3) is 15.5. The highest BCUT2D eigenvalue weighted by Gasteiger charge is 2.27. The van der Waals surface area contributed by atoms with E-state index >= 15 is 0 Å². The summed E-state index contributed by atoms with van der Waals surface area (Å²) < 4.78 is 28.5. The lowest BCUT2D eigenvalue weighted by Crippen LogP contribution is -2.34. The zero-order chi connectivity index (χ0) is 21.9. The lowest BCUT2D eigenvalue weighted by Gasteiger charge is -2.10. The summed E-state index contributed by atoms with van der Waals surface area (Å²) in [6, 6.07) is -0.456. The van der Waals surface area contributed by atoms with Crippen LogP contribution in [-0.4, -0.2) is 44.2 Å². The number of carbonyl (C=O) groups is 1. The van der Waals surface area contributed by atoms with Crippen LogP contribution in [0.1, 0.15) is 110 Å². The maximum absolute atomic E-state index is 11.9. The SMILES string of the molecule is CCCCCCCCCCCCCCCCSCCS(=O)(=O)OC(=O)[C@@H]1CCCN1. The third-order valence-electron chi connectivity index (χ3n) is 5.67. The van der Waals surface area contributed by atoms with Gasteiger partial charge in [0.2, 0.25) is 0 Å². The van der Waals surface area contributed by atoms with Crippen molar-refractivity contribution in [3.63, 3.8) is 0 Å². The van der Waals surface area contributed by atoms with Gasteiger partial charge in [-0.2, -0.15) is 20.2 Å². The molecule has 1 aliphatic rings. The summed E-state index contributed by atoms with van der Waals surface area (Å²) in [7, 11) is -3.75. The summed E-state index contributed by atoms with van der Waals surface area (Å²) in [6.07, 6.45) is 20.4. The van der Waals surface area contributed by atoms with Gasteiger partial charge in [0.1, 0.15) is 6.04 Å². The van der Waals surface area contributed by atoms with Crippen molar-refractivity contribution in [1.82, 2.24) is 5.32 Å². The normalized spacial score (nSPS) is 16.8. The van der Waals surface area contributed by atoms with Crippen molar-refractivity contribution >= 4 is 27.8 Å². The van der Waals surface area contributed by atoms with Crippen LogP contribution in [0.4, 0.5) is 0 Å². The Kier molecular flexibility index (Phi) is 17.0. The zero-order valence-electron chi connectivity index (χ0n) is 19.2. The first-order valence-electron chi connectivity index (χ1n) is 12.3. The highest BCUT2D eigenvalue weighted by Crippen LogP contribution is 2.15. The van der Waals surface area contributed by atoms with Gasteiger partial charge in [-0.15, -0.1) is 0 Å². The molecule has 0 radical (unpaired) electrons. The van der Waals surface area contributed by atoms with Crippen LogP contribution in [0.3, 0.4) is 0 Å². The monoisotopic (exact) mass is 463 g/mol. The minimum atomic E-state index is -3.75. The van der Waals surface area contributed by atoms with Gasteiger partial charge in [-0.05, 0) is 31.6 Å². The van der Waals surface area contributed by atoms with Crippen molar-refractivity contribution in [2.24, 2.45) is 0 Å². The van der Waals surface area contributed by atoms with Gasteiger partial charge < -0.3 is 9.50 Å². The predicted octanol–water partition coefficient (Wildman–Crippen LogP) is 5.83. The Labute approximate surface area is 190 Å². The number of hydrogen-bond acceptors (Lipinski definition) is 6. The topological polar surface area (TPSA) is 72.5 Å². The van der Waals surface area contributed by atoms with Crippen molar-refractivity contribution in [2.75, 3.05) is 23.8 Å². The molecule has 0 aromatic heterocycles. The van der Waals surface area contributed by atoms with E-state index in [0.717, 1.165) is 25.1 Å². The number of carbonyl (C=O) groups excluding carboxylic acids is 1. The van der Waals surface area contributed by atoms with E-state index in [0.29, 0.717) is 12.2 Å². The smallest absolute Gasteiger partial charge is 0.338 e. The molecule has 0 aliphatic carbocycles. The molecule has 0 aromatic rings. The highest BCUT2D eigenvalue weighted by molar-refractivity contribution is 8.00. The quantitative estimate of drug-likeness (QED) is 0.181. The number of thioether (sulfide) groups is 1. The first-order chi connectivity index (χ1) is 14.5. The molecule has 30 heavy (non-hydrogen) atoms. The molecule has 1 fully saturated rings.